The quantitative estimate of drug-likeness (QED) is 0.688. The zero-order chi connectivity index (χ0) is 11.6. The van der Waals surface area contributed by atoms with Crippen LogP contribution in [0.3, 0.4) is 0 Å². The molecule has 16 heavy (non-hydrogen) atoms. The molecule has 0 unspecified atom stereocenters. The number of aromatic nitrogens is 1. The third kappa shape index (κ3) is 2.36. The minimum Gasteiger partial charge on any atom is -0.361 e. The van der Waals surface area contributed by atoms with Gasteiger partial charge in [0.25, 0.3) is 0 Å². The molecule has 1 fully saturated rings. The van der Waals surface area contributed by atoms with Gasteiger partial charge in [0.2, 0.25) is 0 Å². The molecule has 1 aromatic rings. The van der Waals surface area contributed by atoms with Gasteiger partial charge in [0, 0.05) is 17.9 Å². The highest BCUT2D eigenvalue weighted by Crippen LogP contribution is 2.38. The van der Waals surface area contributed by atoms with E-state index in [4.69, 9.17) is 5.73 Å². The third-order valence-electron chi connectivity index (χ3n) is 2.75. The Morgan fingerprint density at radius 2 is 2.00 bits per heavy atom. The molecule has 5 heteroatoms. The average Bonchev–Trinajstić information content (AvgIpc) is 2.99. The van der Waals surface area contributed by atoms with Crippen LogP contribution in [0.5, 0.6) is 0 Å². The second kappa shape index (κ2) is 3.92. The van der Waals surface area contributed by atoms with Crippen molar-refractivity contribution in [3.8, 4) is 0 Å². The SMILES string of the molecule is NC(=O)C(=O)NC1(Cc2ccncc2)CC1. The molecule has 1 saturated carbocycles. The maximum atomic E-state index is 11.2. The summed E-state index contributed by atoms with van der Waals surface area (Å²) >= 11 is 0. The Bertz CT molecular complexity index is 412. The Hall–Kier alpha value is -1.91. The topological polar surface area (TPSA) is 85.1 Å². The average molecular weight is 219 g/mol. The van der Waals surface area contributed by atoms with E-state index in [0.717, 1.165) is 18.4 Å². The van der Waals surface area contributed by atoms with Gasteiger partial charge in [-0.2, -0.15) is 0 Å². The number of amides is 2. The van der Waals surface area contributed by atoms with Gasteiger partial charge in [-0.1, -0.05) is 0 Å². The van der Waals surface area contributed by atoms with Gasteiger partial charge >= 0.3 is 11.8 Å². The standard InChI is InChI=1S/C11H13N3O2/c12-9(15)10(16)14-11(3-4-11)7-8-1-5-13-6-2-8/h1-2,5-6H,3-4,7H2,(H2,12,15)(H,14,16). The minimum atomic E-state index is -0.930. The lowest BCUT2D eigenvalue weighted by atomic mass is 10.1. The van der Waals surface area contributed by atoms with Crippen LogP contribution in [0.4, 0.5) is 0 Å². The lowest BCUT2D eigenvalue weighted by Crippen LogP contribution is -2.44. The van der Waals surface area contributed by atoms with E-state index in [0.29, 0.717) is 6.42 Å². The molecule has 5 nitrogen and oxygen atoms in total. The van der Waals surface area contributed by atoms with Crippen LogP contribution in [-0.2, 0) is 16.0 Å². The number of carbonyl (C=O) groups excluding carboxylic acids is 2. The van der Waals surface area contributed by atoms with Gasteiger partial charge in [-0.3, -0.25) is 14.6 Å². The van der Waals surface area contributed by atoms with Crippen molar-refractivity contribution in [3.63, 3.8) is 0 Å². The van der Waals surface area contributed by atoms with Gasteiger partial charge in [-0.25, -0.2) is 0 Å². The molecule has 0 saturated heterocycles. The van der Waals surface area contributed by atoms with Gasteiger partial charge in [0.15, 0.2) is 0 Å². The molecule has 2 rings (SSSR count). The molecule has 0 spiro atoms. The predicted octanol–water partition coefficient (Wildman–Crippen LogP) is -0.242. The summed E-state index contributed by atoms with van der Waals surface area (Å²) in [6.45, 7) is 0. The summed E-state index contributed by atoms with van der Waals surface area (Å²) in [4.78, 5) is 25.8. The van der Waals surface area contributed by atoms with Gasteiger partial charge in [0.1, 0.15) is 0 Å². The molecule has 0 aliphatic heterocycles. The summed E-state index contributed by atoms with van der Waals surface area (Å²) in [5, 5.41) is 2.68. The summed E-state index contributed by atoms with van der Waals surface area (Å²) in [6.07, 6.45) is 5.90. The van der Waals surface area contributed by atoms with Gasteiger partial charge in [0.05, 0.1) is 0 Å². The second-order valence-electron chi connectivity index (χ2n) is 4.13. The van der Waals surface area contributed by atoms with E-state index in [1.165, 1.54) is 0 Å². The van der Waals surface area contributed by atoms with Crippen molar-refractivity contribution < 1.29 is 9.59 Å². The first-order chi connectivity index (χ1) is 7.61. The van der Waals surface area contributed by atoms with Crippen molar-refractivity contribution in [1.82, 2.24) is 10.3 Å². The van der Waals surface area contributed by atoms with E-state index < -0.39 is 11.8 Å². The fourth-order valence-corrected chi connectivity index (χ4v) is 1.69. The van der Waals surface area contributed by atoms with Crippen LogP contribution in [0.2, 0.25) is 0 Å². The number of hydrogen-bond donors (Lipinski definition) is 2. The van der Waals surface area contributed by atoms with Crippen molar-refractivity contribution in [2.45, 2.75) is 24.8 Å². The molecule has 0 bridgehead atoms. The van der Waals surface area contributed by atoms with Crippen molar-refractivity contribution >= 4 is 11.8 Å². The Kier molecular flexibility index (Phi) is 2.60. The highest BCUT2D eigenvalue weighted by Gasteiger charge is 2.44. The van der Waals surface area contributed by atoms with Crippen molar-refractivity contribution in [1.29, 1.82) is 0 Å². The normalized spacial score (nSPS) is 16.5. The third-order valence-corrected chi connectivity index (χ3v) is 2.75. The van der Waals surface area contributed by atoms with Crippen LogP contribution in [0, 0.1) is 0 Å². The Labute approximate surface area is 93.0 Å². The molecule has 0 atom stereocenters. The number of pyridine rings is 1. The summed E-state index contributed by atoms with van der Waals surface area (Å²) in [5.74, 6) is -1.63. The molecule has 0 aromatic carbocycles. The van der Waals surface area contributed by atoms with Crippen LogP contribution in [0.1, 0.15) is 18.4 Å². The summed E-state index contributed by atoms with van der Waals surface area (Å²) in [5.41, 5.74) is 5.73. The highest BCUT2D eigenvalue weighted by molar-refractivity contribution is 6.34. The fourth-order valence-electron chi connectivity index (χ4n) is 1.69. The maximum absolute atomic E-state index is 11.2. The summed E-state index contributed by atoms with van der Waals surface area (Å²) in [7, 11) is 0. The first kappa shape index (κ1) is 10.6. The molecule has 1 aromatic heterocycles. The number of primary amides is 1. The number of nitrogens with zero attached hydrogens (tertiary/aromatic N) is 1. The molecule has 2 amide bonds. The Morgan fingerprint density at radius 3 is 2.50 bits per heavy atom. The van der Waals surface area contributed by atoms with Gasteiger partial charge in [-0.15, -0.1) is 0 Å². The largest absolute Gasteiger partial charge is 0.361 e. The molecular weight excluding hydrogens is 206 g/mol. The Balaban J connectivity index is 1.99. The van der Waals surface area contributed by atoms with E-state index in [2.05, 4.69) is 10.3 Å². The lowest BCUT2D eigenvalue weighted by molar-refractivity contribution is -0.137. The first-order valence-corrected chi connectivity index (χ1v) is 5.12. The second-order valence-corrected chi connectivity index (χ2v) is 4.13. The number of hydrogen-bond acceptors (Lipinski definition) is 3. The summed E-state index contributed by atoms with van der Waals surface area (Å²) in [6, 6.07) is 3.80. The zero-order valence-corrected chi connectivity index (χ0v) is 8.77. The van der Waals surface area contributed by atoms with Crippen molar-refractivity contribution in [3.05, 3.63) is 30.1 Å². The van der Waals surface area contributed by atoms with Gasteiger partial charge < -0.3 is 11.1 Å². The number of nitrogens with two attached hydrogens (primary N) is 1. The predicted molar refractivity (Wildman–Crippen MR) is 57.2 cm³/mol. The lowest BCUT2D eigenvalue weighted by Gasteiger charge is -2.16. The molecule has 1 aliphatic rings. The maximum Gasteiger partial charge on any atom is 0.309 e. The van der Waals surface area contributed by atoms with Crippen LogP contribution < -0.4 is 11.1 Å². The molecule has 1 aliphatic carbocycles. The highest BCUT2D eigenvalue weighted by atomic mass is 16.2. The molecule has 3 N–H and O–H groups in total. The van der Waals surface area contributed by atoms with Crippen LogP contribution in [0.15, 0.2) is 24.5 Å². The van der Waals surface area contributed by atoms with Crippen LogP contribution in [-0.4, -0.2) is 22.3 Å². The fraction of sp³-hybridized carbons (Fsp3) is 0.364. The smallest absolute Gasteiger partial charge is 0.309 e. The van der Waals surface area contributed by atoms with E-state index in [-0.39, 0.29) is 5.54 Å². The Morgan fingerprint density at radius 1 is 1.38 bits per heavy atom. The molecule has 84 valence electrons. The minimum absolute atomic E-state index is 0.270. The van der Waals surface area contributed by atoms with Gasteiger partial charge in [-0.05, 0) is 37.0 Å². The van der Waals surface area contributed by atoms with E-state index in [9.17, 15) is 9.59 Å². The van der Waals surface area contributed by atoms with Crippen LogP contribution >= 0.6 is 0 Å². The van der Waals surface area contributed by atoms with Crippen molar-refractivity contribution in [2.24, 2.45) is 5.73 Å². The monoisotopic (exact) mass is 219 g/mol. The number of nitrogens with one attached hydrogen (secondary N) is 1. The van der Waals surface area contributed by atoms with E-state index >= 15 is 0 Å². The summed E-state index contributed by atoms with van der Waals surface area (Å²) < 4.78 is 0. The van der Waals surface area contributed by atoms with E-state index in [1.807, 2.05) is 12.1 Å². The molecular formula is C11H13N3O2. The van der Waals surface area contributed by atoms with Crippen molar-refractivity contribution in [2.75, 3.05) is 0 Å². The first-order valence-electron chi connectivity index (χ1n) is 5.12. The number of rotatable bonds is 3. The zero-order valence-electron chi connectivity index (χ0n) is 8.77. The van der Waals surface area contributed by atoms with Crippen LogP contribution in [0.25, 0.3) is 0 Å². The van der Waals surface area contributed by atoms with E-state index in [1.54, 1.807) is 12.4 Å². The molecule has 0 radical (unpaired) electrons. The molecule has 1 heterocycles. The number of carbonyl (C=O) groups is 2.